The van der Waals surface area contributed by atoms with Crippen LogP contribution in [-0.2, 0) is 17.9 Å². The number of hydrogen-bond donors (Lipinski definition) is 1. The molecule has 0 saturated heterocycles. The minimum absolute atomic E-state index is 0.0347. The minimum Gasteiger partial charge on any atom is -0.351 e. The second kappa shape index (κ2) is 9.17. The largest absolute Gasteiger partial charge is 0.351 e. The van der Waals surface area contributed by atoms with E-state index in [9.17, 15) is 10.1 Å². The number of imidazole rings is 1. The number of hydrogen-bond acceptors (Lipinski definition) is 5. The molecule has 0 atom stereocenters. The van der Waals surface area contributed by atoms with E-state index in [1.165, 1.54) is 4.68 Å². The number of nitrogens with one attached hydrogen (secondary N) is 1. The highest BCUT2D eigenvalue weighted by Crippen LogP contribution is 2.24. The third-order valence-electron chi connectivity index (χ3n) is 5.43. The number of nitriles is 1. The molecule has 166 valence electrons. The van der Waals surface area contributed by atoms with Gasteiger partial charge in [-0.1, -0.05) is 41.1 Å². The summed E-state index contributed by atoms with van der Waals surface area (Å²) in [7, 11) is 0. The maximum Gasteiger partial charge on any atom is 0.249 e. The van der Waals surface area contributed by atoms with E-state index in [-0.39, 0.29) is 12.5 Å². The van der Waals surface area contributed by atoms with E-state index in [4.69, 9.17) is 11.6 Å². The Kier molecular flexibility index (Phi) is 5.77. The molecule has 34 heavy (non-hydrogen) atoms. The lowest BCUT2D eigenvalue weighted by Gasteiger charge is -2.23. The maximum atomic E-state index is 13.5. The molecule has 0 aliphatic heterocycles. The van der Waals surface area contributed by atoms with Gasteiger partial charge in [0.05, 0.1) is 35.7 Å². The first-order chi connectivity index (χ1) is 16.6. The number of carbonyl (C=O) groups excluding carboxylic acids is 1. The molecule has 3 aromatic carbocycles. The van der Waals surface area contributed by atoms with Crippen LogP contribution in [0.3, 0.4) is 0 Å². The van der Waals surface area contributed by atoms with Gasteiger partial charge in [0.2, 0.25) is 5.91 Å². The molecule has 0 aliphatic carbocycles. The normalized spacial score (nSPS) is 10.8. The first-order valence-electron chi connectivity index (χ1n) is 10.5. The first kappa shape index (κ1) is 21.4. The number of amides is 1. The summed E-state index contributed by atoms with van der Waals surface area (Å²) < 4.78 is 1.52. The quantitative estimate of drug-likeness (QED) is 0.393. The van der Waals surface area contributed by atoms with Crippen LogP contribution < -0.4 is 4.90 Å². The van der Waals surface area contributed by atoms with E-state index in [1.807, 2.05) is 48.7 Å². The van der Waals surface area contributed by atoms with Crippen molar-refractivity contribution < 1.29 is 4.79 Å². The van der Waals surface area contributed by atoms with Gasteiger partial charge in [-0.2, -0.15) is 5.26 Å². The molecule has 1 N–H and O–H groups in total. The van der Waals surface area contributed by atoms with E-state index in [2.05, 4.69) is 26.3 Å². The average molecular weight is 468 g/mol. The van der Waals surface area contributed by atoms with Gasteiger partial charge in [-0.3, -0.25) is 4.79 Å². The van der Waals surface area contributed by atoms with Crippen LogP contribution in [-0.4, -0.2) is 30.9 Å². The van der Waals surface area contributed by atoms with E-state index in [0.29, 0.717) is 28.2 Å². The fourth-order valence-corrected chi connectivity index (χ4v) is 3.95. The van der Waals surface area contributed by atoms with Crippen LogP contribution in [0, 0.1) is 11.3 Å². The molecule has 8 nitrogen and oxygen atoms in total. The predicted molar refractivity (Wildman–Crippen MR) is 129 cm³/mol. The molecule has 0 spiro atoms. The zero-order chi connectivity index (χ0) is 23.5. The summed E-state index contributed by atoms with van der Waals surface area (Å²) in [5, 5.41) is 18.1. The molecule has 0 fully saturated rings. The van der Waals surface area contributed by atoms with Crippen molar-refractivity contribution in [2.45, 2.75) is 13.1 Å². The van der Waals surface area contributed by atoms with Crippen molar-refractivity contribution in [2.24, 2.45) is 0 Å². The molecule has 0 unspecified atom stereocenters. The SMILES string of the molecule is N#Cc1ccc2nnn(CC(=O)N(Cc3cccc(Cl)c3)c3ccc(-c4c[nH]cn4)cc3)c2c1. The summed E-state index contributed by atoms with van der Waals surface area (Å²) in [6.07, 6.45) is 3.44. The Hall–Kier alpha value is -4.48. The second-order valence-electron chi connectivity index (χ2n) is 7.67. The monoisotopic (exact) mass is 467 g/mol. The zero-order valence-corrected chi connectivity index (χ0v) is 18.6. The third kappa shape index (κ3) is 4.37. The molecular weight excluding hydrogens is 450 g/mol. The van der Waals surface area contributed by atoms with Crippen molar-refractivity contribution in [3.63, 3.8) is 0 Å². The number of nitrogens with zero attached hydrogens (tertiary/aromatic N) is 6. The zero-order valence-electron chi connectivity index (χ0n) is 17.9. The standard InChI is InChI=1S/C25H18ClN7O/c26-20-3-1-2-18(10-20)14-32(21-7-5-19(6-8-21)23-13-28-16-29-23)25(34)15-33-24-11-17(12-27)4-9-22(24)30-31-33/h1-11,13,16H,14-15H2,(H,28,29). The number of anilines is 1. The molecule has 2 heterocycles. The fraction of sp³-hybridized carbons (Fsp3) is 0.0800. The summed E-state index contributed by atoms with van der Waals surface area (Å²) in [4.78, 5) is 22.4. The van der Waals surface area contributed by atoms with E-state index < -0.39 is 0 Å². The van der Waals surface area contributed by atoms with Gasteiger partial charge in [0.1, 0.15) is 12.1 Å². The van der Waals surface area contributed by atoms with E-state index in [0.717, 1.165) is 22.5 Å². The Morgan fingerprint density at radius 1 is 1.12 bits per heavy atom. The number of carbonyl (C=O) groups is 1. The van der Waals surface area contributed by atoms with Crippen LogP contribution in [0.25, 0.3) is 22.3 Å². The van der Waals surface area contributed by atoms with Crippen LogP contribution in [0.15, 0.2) is 79.3 Å². The smallest absolute Gasteiger partial charge is 0.249 e. The third-order valence-corrected chi connectivity index (χ3v) is 5.67. The van der Waals surface area contributed by atoms with Crippen LogP contribution in [0.1, 0.15) is 11.1 Å². The number of rotatable bonds is 6. The van der Waals surface area contributed by atoms with Gasteiger partial charge in [-0.25, -0.2) is 9.67 Å². The average Bonchev–Trinajstić information content (AvgIpc) is 3.53. The molecule has 5 rings (SSSR count). The first-order valence-corrected chi connectivity index (χ1v) is 10.9. The molecule has 9 heteroatoms. The van der Waals surface area contributed by atoms with E-state index in [1.54, 1.807) is 35.5 Å². The van der Waals surface area contributed by atoms with Crippen molar-refractivity contribution in [3.05, 3.63) is 95.4 Å². The molecular formula is C25H18ClN7O. The second-order valence-corrected chi connectivity index (χ2v) is 8.11. The van der Waals surface area contributed by atoms with Gasteiger partial charge in [-0.15, -0.1) is 5.10 Å². The minimum atomic E-state index is -0.179. The summed E-state index contributed by atoms with van der Waals surface area (Å²) >= 11 is 6.18. The van der Waals surface area contributed by atoms with Gasteiger partial charge in [0, 0.05) is 22.5 Å². The maximum absolute atomic E-state index is 13.5. The Balaban J connectivity index is 1.47. The van der Waals surface area contributed by atoms with Crippen LogP contribution in [0.5, 0.6) is 0 Å². The highest BCUT2D eigenvalue weighted by molar-refractivity contribution is 6.30. The number of aromatic amines is 1. The van der Waals surface area contributed by atoms with Crippen molar-refractivity contribution in [2.75, 3.05) is 4.90 Å². The lowest BCUT2D eigenvalue weighted by atomic mass is 10.1. The Labute approximate surface area is 200 Å². The van der Waals surface area contributed by atoms with Crippen LogP contribution >= 0.6 is 11.6 Å². The molecule has 0 radical (unpaired) electrons. The molecule has 1 amide bonds. The molecule has 0 bridgehead atoms. The molecule has 0 saturated carbocycles. The van der Waals surface area contributed by atoms with Gasteiger partial charge in [0.25, 0.3) is 0 Å². The van der Waals surface area contributed by atoms with Crippen LogP contribution in [0.2, 0.25) is 5.02 Å². The van der Waals surface area contributed by atoms with Crippen molar-refractivity contribution in [1.29, 1.82) is 5.26 Å². The predicted octanol–water partition coefficient (Wildman–Crippen LogP) is 4.58. The molecule has 2 aromatic heterocycles. The summed E-state index contributed by atoms with van der Waals surface area (Å²) in [5.74, 6) is -0.179. The van der Waals surface area contributed by atoms with Crippen molar-refractivity contribution in [3.8, 4) is 17.3 Å². The summed E-state index contributed by atoms with van der Waals surface area (Å²) in [6.45, 7) is 0.296. The van der Waals surface area contributed by atoms with Gasteiger partial charge in [0.15, 0.2) is 0 Å². The number of H-pyrrole nitrogens is 1. The highest BCUT2D eigenvalue weighted by Gasteiger charge is 2.19. The Bertz CT molecular complexity index is 1500. The highest BCUT2D eigenvalue weighted by atomic mass is 35.5. The molecule has 0 aliphatic rings. The lowest BCUT2D eigenvalue weighted by Crippen LogP contribution is -2.33. The number of aromatic nitrogens is 5. The topological polar surface area (TPSA) is 103 Å². The van der Waals surface area contributed by atoms with Gasteiger partial charge in [-0.05, 0) is 48.0 Å². The van der Waals surface area contributed by atoms with Gasteiger partial charge < -0.3 is 9.88 Å². The number of benzene rings is 3. The Morgan fingerprint density at radius 2 is 1.97 bits per heavy atom. The number of fused-ring (bicyclic) bond motifs is 1. The van der Waals surface area contributed by atoms with E-state index >= 15 is 0 Å². The van der Waals surface area contributed by atoms with Gasteiger partial charge >= 0.3 is 0 Å². The summed E-state index contributed by atoms with van der Waals surface area (Å²) in [6, 6.07) is 22.2. The lowest BCUT2D eigenvalue weighted by molar-refractivity contribution is -0.119. The molecule has 5 aromatic rings. The van der Waals surface area contributed by atoms with Crippen molar-refractivity contribution >= 4 is 34.2 Å². The summed E-state index contributed by atoms with van der Waals surface area (Å²) in [5.41, 5.74) is 5.11. The van der Waals surface area contributed by atoms with Crippen molar-refractivity contribution in [1.82, 2.24) is 25.0 Å². The number of halogens is 1. The van der Waals surface area contributed by atoms with Crippen LogP contribution in [0.4, 0.5) is 5.69 Å². The fourth-order valence-electron chi connectivity index (χ4n) is 3.74. The Morgan fingerprint density at radius 3 is 2.71 bits per heavy atom.